The summed E-state index contributed by atoms with van der Waals surface area (Å²) >= 11 is 0. The van der Waals surface area contributed by atoms with Gasteiger partial charge in [0.1, 0.15) is 0 Å². The highest BCUT2D eigenvalue weighted by Crippen LogP contribution is 2.19. The molecule has 2 nitrogen and oxygen atoms in total. The third kappa shape index (κ3) is 2.80. The summed E-state index contributed by atoms with van der Waals surface area (Å²) in [4.78, 5) is 0. The van der Waals surface area contributed by atoms with Crippen LogP contribution in [0.3, 0.4) is 0 Å². The first-order chi connectivity index (χ1) is 5.34. The van der Waals surface area contributed by atoms with E-state index in [1.807, 2.05) is 0 Å². The first kappa shape index (κ1) is 9.01. The first-order valence-electron chi connectivity index (χ1n) is 4.67. The van der Waals surface area contributed by atoms with E-state index in [9.17, 15) is 0 Å². The SMILES string of the molecule is CCNCC1CCCOC1C. The van der Waals surface area contributed by atoms with Crippen molar-refractivity contribution in [2.75, 3.05) is 19.7 Å². The Hall–Kier alpha value is -0.0800. The molecule has 0 amide bonds. The molecule has 0 bridgehead atoms. The summed E-state index contributed by atoms with van der Waals surface area (Å²) in [6.45, 7) is 7.49. The molecule has 2 unspecified atom stereocenters. The summed E-state index contributed by atoms with van der Waals surface area (Å²) in [5.74, 6) is 0.740. The molecule has 0 aromatic rings. The maximum absolute atomic E-state index is 5.55. The average molecular weight is 157 g/mol. The van der Waals surface area contributed by atoms with Gasteiger partial charge < -0.3 is 10.1 Å². The van der Waals surface area contributed by atoms with Gasteiger partial charge in [0.15, 0.2) is 0 Å². The molecule has 11 heavy (non-hydrogen) atoms. The lowest BCUT2D eigenvalue weighted by atomic mass is 9.95. The molecular weight excluding hydrogens is 138 g/mol. The fraction of sp³-hybridized carbons (Fsp3) is 1.00. The van der Waals surface area contributed by atoms with Crippen molar-refractivity contribution in [1.29, 1.82) is 0 Å². The second-order valence-electron chi connectivity index (χ2n) is 3.29. The second-order valence-corrected chi connectivity index (χ2v) is 3.29. The van der Waals surface area contributed by atoms with Gasteiger partial charge in [-0.2, -0.15) is 0 Å². The van der Waals surface area contributed by atoms with E-state index in [0.29, 0.717) is 6.10 Å². The average Bonchev–Trinajstić information content (AvgIpc) is 2.03. The zero-order valence-corrected chi connectivity index (χ0v) is 7.60. The van der Waals surface area contributed by atoms with Crippen LogP contribution >= 0.6 is 0 Å². The molecule has 0 spiro atoms. The molecule has 1 aliphatic heterocycles. The first-order valence-corrected chi connectivity index (χ1v) is 4.67. The van der Waals surface area contributed by atoms with Crippen LogP contribution < -0.4 is 5.32 Å². The predicted octanol–water partition coefficient (Wildman–Crippen LogP) is 1.41. The third-order valence-electron chi connectivity index (χ3n) is 2.42. The number of rotatable bonds is 3. The van der Waals surface area contributed by atoms with Crippen molar-refractivity contribution in [3.8, 4) is 0 Å². The quantitative estimate of drug-likeness (QED) is 0.669. The highest BCUT2D eigenvalue weighted by atomic mass is 16.5. The minimum Gasteiger partial charge on any atom is -0.378 e. The van der Waals surface area contributed by atoms with E-state index >= 15 is 0 Å². The van der Waals surface area contributed by atoms with E-state index < -0.39 is 0 Å². The Labute approximate surface area is 69.3 Å². The van der Waals surface area contributed by atoms with Crippen molar-refractivity contribution in [3.05, 3.63) is 0 Å². The van der Waals surface area contributed by atoms with Gasteiger partial charge in [-0.1, -0.05) is 6.92 Å². The largest absolute Gasteiger partial charge is 0.378 e. The lowest BCUT2D eigenvalue weighted by molar-refractivity contribution is -0.0136. The second kappa shape index (κ2) is 4.73. The molecular formula is C9H19NO. The van der Waals surface area contributed by atoms with E-state index in [0.717, 1.165) is 25.6 Å². The van der Waals surface area contributed by atoms with Gasteiger partial charge in [-0.25, -0.2) is 0 Å². The molecule has 1 aliphatic rings. The van der Waals surface area contributed by atoms with Crippen LogP contribution in [0.1, 0.15) is 26.7 Å². The van der Waals surface area contributed by atoms with Gasteiger partial charge >= 0.3 is 0 Å². The van der Waals surface area contributed by atoms with E-state index in [1.54, 1.807) is 0 Å². The Morgan fingerprint density at radius 2 is 2.36 bits per heavy atom. The van der Waals surface area contributed by atoms with Gasteiger partial charge in [0.2, 0.25) is 0 Å². The molecule has 1 saturated heterocycles. The molecule has 1 fully saturated rings. The van der Waals surface area contributed by atoms with Gasteiger partial charge in [0.25, 0.3) is 0 Å². The minimum atomic E-state index is 0.461. The summed E-state index contributed by atoms with van der Waals surface area (Å²) in [5, 5.41) is 3.37. The van der Waals surface area contributed by atoms with Crippen LogP contribution in [0.4, 0.5) is 0 Å². The van der Waals surface area contributed by atoms with Crippen LogP contribution in [-0.4, -0.2) is 25.8 Å². The number of hydrogen-bond acceptors (Lipinski definition) is 2. The van der Waals surface area contributed by atoms with E-state index in [-0.39, 0.29) is 0 Å². The molecule has 1 heterocycles. The Kier molecular flexibility index (Phi) is 3.87. The minimum absolute atomic E-state index is 0.461. The van der Waals surface area contributed by atoms with E-state index in [2.05, 4.69) is 19.2 Å². The Bertz CT molecular complexity index is 106. The van der Waals surface area contributed by atoms with Gasteiger partial charge in [-0.05, 0) is 32.2 Å². The van der Waals surface area contributed by atoms with Crippen molar-refractivity contribution >= 4 is 0 Å². The lowest BCUT2D eigenvalue weighted by Crippen LogP contribution is -2.34. The molecule has 1 N–H and O–H groups in total. The predicted molar refractivity (Wildman–Crippen MR) is 46.7 cm³/mol. The van der Waals surface area contributed by atoms with Crippen molar-refractivity contribution in [2.24, 2.45) is 5.92 Å². The molecule has 0 aliphatic carbocycles. The molecule has 2 heteroatoms. The standard InChI is InChI=1S/C9H19NO/c1-3-10-7-9-5-4-6-11-8(9)2/h8-10H,3-7H2,1-2H3. The van der Waals surface area contributed by atoms with Gasteiger partial charge in [-0.3, -0.25) is 0 Å². The summed E-state index contributed by atoms with van der Waals surface area (Å²) in [6.07, 6.45) is 3.02. The van der Waals surface area contributed by atoms with Crippen LogP contribution in [0.25, 0.3) is 0 Å². The molecule has 66 valence electrons. The Balaban J connectivity index is 2.18. The fourth-order valence-electron chi connectivity index (χ4n) is 1.58. The number of hydrogen-bond donors (Lipinski definition) is 1. The smallest absolute Gasteiger partial charge is 0.0587 e. The molecule has 0 radical (unpaired) electrons. The monoisotopic (exact) mass is 157 g/mol. The van der Waals surface area contributed by atoms with Gasteiger partial charge in [0.05, 0.1) is 6.10 Å². The Morgan fingerprint density at radius 3 is 3.00 bits per heavy atom. The van der Waals surface area contributed by atoms with Gasteiger partial charge in [0, 0.05) is 13.2 Å². The van der Waals surface area contributed by atoms with Crippen LogP contribution in [0, 0.1) is 5.92 Å². The van der Waals surface area contributed by atoms with Crippen molar-refractivity contribution < 1.29 is 4.74 Å². The van der Waals surface area contributed by atoms with Crippen molar-refractivity contribution in [3.63, 3.8) is 0 Å². The summed E-state index contributed by atoms with van der Waals surface area (Å²) < 4.78 is 5.55. The number of nitrogens with one attached hydrogen (secondary N) is 1. The van der Waals surface area contributed by atoms with Crippen LogP contribution in [0.5, 0.6) is 0 Å². The van der Waals surface area contributed by atoms with E-state index in [1.165, 1.54) is 12.8 Å². The Morgan fingerprint density at radius 1 is 1.55 bits per heavy atom. The fourth-order valence-corrected chi connectivity index (χ4v) is 1.58. The number of ether oxygens (including phenoxy) is 1. The lowest BCUT2D eigenvalue weighted by Gasteiger charge is -2.29. The summed E-state index contributed by atoms with van der Waals surface area (Å²) in [7, 11) is 0. The van der Waals surface area contributed by atoms with Crippen LogP contribution in [-0.2, 0) is 4.74 Å². The molecule has 0 aromatic heterocycles. The highest BCUT2D eigenvalue weighted by Gasteiger charge is 2.20. The molecule has 0 aromatic carbocycles. The zero-order chi connectivity index (χ0) is 8.10. The molecule has 0 saturated carbocycles. The topological polar surface area (TPSA) is 21.3 Å². The summed E-state index contributed by atoms with van der Waals surface area (Å²) in [5.41, 5.74) is 0. The maximum atomic E-state index is 5.55. The van der Waals surface area contributed by atoms with Crippen LogP contribution in [0.2, 0.25) is 0 Å². The molecule has 1 rings (SSSR count). The highest BCUT2D eigenvalue weighted by molar-refractivity contribution is 4.72. The molecule has 2 atom stereocenters. The maximum Gasteiger partial charge on any atom is 0.0587 e. The van der Waals surface area contributed by atoms with E-state index in [4.69, 9.17) is 4.74 Å². The van der Waals surface area contributed by atoms with Crippen molar-refractivity contribution in [2.45, 2.75) is 32.8 Å². The summed E-state index contributed by atoms with van der Waals surface area (Å²) in [6, 6.07) is 0. The normalized spacial score (nSPS) is 32.2. The third-order valence-corrected chi connectivity index (χ3v) is 2.42. The zero-order valence-electron chi connectivity index (χ0n) is 7.60. The van der Waals surface area contributed by atoms with Crippen LogP contribution in [0.15, 0.2) is 0 Å². The van der Waals surface area contributed by atoms with Crippen molar-refractivity contribution in [1.82, 2.24) is 5.32 Å². The van der Waals surface area contributed by atoms with Gasteiger partial charge in [-0.15, -0.1) is 0 Å².